The number of rotatable bonds is 8. The SMILES string of the molecule is C1=CC(N(c2ccccc2)c2ccccc2)c2ccc3ccc(N(c4ccccc4)c4ccccc4)c4c3c2C1=CC4.c1ccc2cc(-c3c4ccccc4c(-c4ccc5ccccc5c4)c4ccccc34)ccc2c1. The molecule has 0 aliphatic heterocycles. The second kappa shape index (κ2) is 19.3. The standard InChI is InChI=1S/C40H30N2.C34H22/c1-5-13-31(14-6-1)41(32-15-7-2-8-16-32)37-27-23-29-22-26-36-38(28-24-30-21-25-35(37)39(29)40(30)36)42(33-17-9-3-10-18-33)34-19-11-4-12-20-34;1-3-11-25-21-27(19-17-23(25)9-1)33-29-13-5-7-15-31(29)34(32-16-8-6-14-30(32)33)28-20-18-24-10-2-4-12-26(24)22-28/h1-25,27-28,37H,26H2;1-22H. The van der Waals surface area contributed by atoms with E-state index in [2.05, 4.69) is 307 Å². The zero-order valence-electron chi connectivity index (χ0n) is 42.0. The summed E-state index contributed by atoms with van der Waals surface area (Å²) >= 11 is 0. The molecule has 358 valence electrons. The van der Waals surface area contributed by atoms with Crippen molar-refractivity contribution in [2.45, 2.75) is 12.5 Å². The fourth-order valence-electron chi connectivity index (χ4n) is 12.1. The van der Waals surface area contributed by atoms with E-state index in [1.54, 1.807) is 0 Å². The molecule has 0 amide bonds. The Morgan fingerprint density at radius 1 is 0.329 bits per heavy atom. The maximum atomic E-state index is 2.46. The lowest BCUT2D eigenvalue weighted by atomic mass is 9.79. The van der Waals surface area contributed by atoms with Crippen molar-refractivity contribution in [2.24, 2.45) is 0 Å². The molecule has 13 aromatic rings. The van der Waals surface area contributed by atoms with Gasteiger partial charge in [0.05, 0.1) is 11.7 Å². The van der Waals surface area contributed by atoms with Gasteiger partial charge in [0.2, 0.25) is 0 Å². The van der Waals surface area contributed by atoms with Gasteiger partial charge in [0, 0.05) is 22.7 Å². The molecule has 0 bridgehead atoms. The van der Waals surface area contributed by atoms with Crippen LogP contribution in [-0.4, -0.2) is 0 Å². The highest BCUT2D eigenvalue weighted by molar-refractivity contribution is 6.22. The van der Waals surface area contributed by atoms with Gasteiger partial charge < -0.3 is 9.80 Å². The number of hydrogen-bond acceptors (Lipinski definition) is 2. The third-order valence-corrected chi connectivity index (χ3v) is 15.5. The Kier molecular flexibility index (Phi) is 11.4. The number of para-hydroxylation sites is 4. The zero-order chi connectivity index (χ0) is 50.4. The van der Waals surface area contributed by atoms with Crippen LogP contribution in [0.3, 0.4) is 0 Å². The first-order valence-electron chi connectivity index (χ1n) is 26.4. The summed E-state index contributed by atoms with van der Waals surface area (Å²) in [7, 11) is 0. The topological polar surface area (TPSA) is 6.48 Å². The van der Waals surface area contributed by atoms with Crippen LogP contribution in [-0.2, 0) is 6.42 Å². The lowest BCUT2D eigenvalue weighted by molar-refractivity contribution is 0.843. The van der Waals surface area contributed by atoms with Crippen LogP contribution in [0.4, 0.5) is 28.4 Å². The van der Waals surface area contributed by atoms with E-state index in [4.69, 9.17) is 0 Å². The summed E-state index contributed by atoms with van der Waals surface area (Å²) in [6.45, 7) is 0. The molecule has 2 aliphatic rings. The van der Waals surface area contributed by atoms with Gasteiger partial charge in [-0.15, -0.1) is 0 Å². The summed E-state index contributed by atoms with van der Waals surface area (Å²) < 4.78 is 0. The van der Waals surface area contributed by atoms with Crippen molar-refractivity contribution in [1.29, 1.82) is 0 Å². The molecule has 76 heavy (non-hydrogen) atoms. The van der Waals surface area contributed by atoms with Gasteiger partial charge in [-0.3, -0.25) is 0 Å². The summed E-state index contributed by atoms with van der Waals surface area (Å²) in [6.07, 6.45) is 8.02. The van der Waals surface area contributed by atoms with Gasteiger partial charge >= 0.3 is 0 Å². The molecule has 2 heteroatoms. The van der Waals surface area contributed by atoms with Crippen LogP contribution in [0.1, 0.15) is 22.7 Å². The molecule has 2 aliphatic carbocycles. The molecule has 0 saturated carbocycles. The first kappa shape index (κ1) is 44.9. The van der Waals surface area contributed by atoms with Gasteiger partial charge in [-0.25, -0.2) is 0 Å². The fourth-order valence-corrected chi connectivity index (χ4v) is 12.1. The number of allylic oxidation sites excluding steroid dienone is 3. The molecule has 0 N–H and O–H groups in total. The van der Waals surface area contributed by atoms with Crippen LogP contribution in [0.25, 0.3) is 81.7 Å². The summed E-state index contributed by atoms with van der Waals surface area (Å²) in [5.74, 6) is 0. The summed E-state index contributed by atoms with van der Waals surface area (Å²) in [5, 5.41) is 12.9. The fraction of sp³-hybridized carbons (Fsp3) is 0.0270. The van der Waals surface area contributed by atoms with Gasteiger partial charge in [0.25, 0.3) is 0 Å². The van der Waals surface area contributed by atoms with E-state index >= 15 is 0 Å². The van der Waals surface area contributed by atoms with E-state index in [0.717, 1.165) is 17.8 Å². The predicted molar refractivity (Wildman–Crippen MR) is 325 cm³/mol. The molecule has 0 fully saturated rings. The normalized spacial score (nSPS) is 13.4. The predicted octanol–water partition coefficient (Wildman–Crippen LogP) is 20.3. The van der Waals surface area contributed by atoms with Crippen molar-refractivity contribution >= 4 is 87.9 Å². The first-order valence-corrected chi connectivity index (χ1v) is 26.4. The minimum Gasteiger partial charge on any atom is -0.330 e. The van der Waals surface area contributed by atoms with Crippen molar-refractivity contribution in [3.05, 3.63) is 314 Å². The number of anilines is 5. The summed E-state index contributed by atoms with van der Waals surface area (Å²) in [5.41, 5.74) is 16.5. The molecule has 2 nitrogen and oxygen atoms in total. The van der Waals surface area contributed by atoms with Gasteiger partial charge in [-0.1, -0.05) is 231 Å². The molecular formula is C74H52N2. The highest BCUT2D eigenvalue weighted by Gasteiger charge is 2.31. The molecule has 0 saturated heterocycles. The average molecular weight is 969 g/mol. The van der Waals surface area contributed by atoms with Crippen molar-refractivity contribution in [2.75, 3.05) is 9.80 Å². The Labute approximate surface area is 444 Å². The smallest absolute Gasteiger partial charge is 0.0785 e. The van der Waals surface area contributed by atoms with Gasteiger partial charge in [-0.05, 0) is 172 Å². The minimum atomic E-state index is 0.0697. The minimum absolute atomic E-state index is 0.0697. The molecule has 13 aromatic carbocycles. The zero-order valence-corrected chi connectivity index (χ0v) is 42.0. The van der Waals surface area contributed by atoms with Crippen LogP contribution in [0.15, 0.2) is 297 Å². The summed E-state index contributed by atoms with van der Waals surface area (Å²) in [4.78, 5) is 4.87. The molecular weight excluding hydrogens is 917 g/mol. The van der Waals surface area contributed by atoms with E-state index in [1.165, 1.54) is 115 Å². The van der Waals surface area contributed by atoms with Gasteiger partial charge in [0.1, 0.15) is 0 Å². The lowest BCUT2D eigenvalue weighted by Gasteiger charge is -2.37. The Morgan fingerprint density at radius 2 is 0.737 bits per heavy atom. The maximum absolute atomic E-state index is 2.46. The Hall–Kier alpha value is -9.76. The Balaban J connectivity index is 0.000000142. The second-order valence-electron chi connectivity index (χ2n) is 19.9. The van der Waals surface area contributed by atoms with Crippen LogP contribution in [0.5, 0.6) is 0 Å². The quantitative estimate of drug-likeness (QED) is 0.140. The number of hydrogen-bond donors (Lipinski definition) is 0. The Morgan fingerprint density at radius 3 is 1.22 bits per heavy atom. The number of fused-ring (bicyclic) bond motifs is 4. The monoisotopic (exact) mass is 968 g/mol. The third kappa shape index (κ3) is 7.91. The van der Waals surface area contributed by atoms with Crippen molar-refractivity contribution < 1.29 is 0 Å². The second-order valence-corrected chi connectivity index (χ2v) is 19.9. The lowest BCUT2D eigenvalue weighted by Crippen LogP contribution is -2.25. The van der Waals surface area contributed by atoms with Crippen molar-refractivity contribution in [1.82, 2.24) is 0 Å². The average Bonchev–Trinajstić information content (AvgIpc) is 3.58. The Bertz CT molecular complexity index is 4100. The summed E-state index contributed by atoms with van der Waals surface area (Å²) in [6, 6.07) is 101. The van der Waals surface area contributed by atoms with E-state index in [-0.39, 0.29) is 6.04 Å². The van der Waals surface area contributed by atoms with E-state index in [1.807, 2.05) is 0 Å². The largest absolute Gasteiger partial charge is 0.330 e. The molecule has 0 spiro atoms. The molecule has 0 radical (unpaired) electrons. The number of nitrogens with zero attached hydrogens (tertiary/aromatic N) is 2. The van der Waals surface area contributed by atoms with Crippen LogP contribution in [0, 0.1) is 0 Å². The molecule has 15 rings (SSSR count). The van der Waals surface area contributed by atoms with Crippen LogP contribution < -0.4 is 9.80 Å². The van der Waals surface area contributed by atoms with E-state index < -0.39 is 0 Å². The molecule has 1 atom stereocenters. The van der Waals surface area contributed by atoms with Gasteiger partial charge in [-0.2, -0.15) is 0 Å². The van der Waals surface area contributed by atoms with Crippen LogP contribution >= 0.6 is 0 Å². The van der Waals surface area contributed by atoms with Crippen LogP contribution in [0.2, 0.25) is 0 Å². The van der Waals surface area contributed by atoms with E-state index in [0.29, 0.717) is 0 Å². The number of benzene rings is 13. The highest BCUT2D eigenvalue weighted by Crippen LogP contribution is 2.50. The molecule has 1 unspecified atom stereocenters. The molecule has 0 aromatic heterocycles. The first-order chi connectivity index (χ1) is 37.7. The van der Waals surface area contributed by atoms with Gasteiger partial charge in [0.15, 0.2) is 0 Å². The highest BCUT2D eigenvalue weighted by atomic mass is 15.2. The molecule has 0 heterocycles. The third-order valence-electron chi connectivity index (χ3n) is 15.5. The maximum Gasteiger partial charge on any atom is 0.0785 e. The van der Waals surface area contributed by atoms with Crippen molar-refractivity contribution in [3.63, 3.8) is 0 Å². The van der Waals surface area contributed by atoms with E-state index in [9.17, 15) is 0 Å². The van der Waals surface area contributed by atoms with Crippen molar-refractivity contribution in [3.8, 4) is 22.3 Å².